The van der Waals surface area contributed by atoms with Crippen LogP contribution in [0.2, 0.25) is 0 Å². The highest BCUT2D eigenvalue weighted by Crippen LogP contribution is 2.35. The van der Waals surface area contributed by atoms with E-state index < -0.39 is 17.4 Å². The van der Waals surface area contributed by atoms with Gasteiger partial charge in [0.05, 0.1) is 11.5 Å². The van der Waals surface area contributed by atoms with E-state index in [1.807, 2.05) is 13.8 Å². The number of carbonyl (C=O) groups is 2. The summed E-state index contributed by atoms with van der Waals surface area (Å²) < 4.78 is 0. The smallest absolute Gasteiger partial charge is 0.311 e. The zero-order chi connectivity index (χ0) is 13.8. The molecule has 1 amide bonds. The Morgan fingerprint density at radius 2 is 2.11 bits per heavy atom. The summed E-state index contributed by atoms with van der Waals surface area (Å²) in [6.45, 7) is 4.78. The van der Waals surface area contributed by atoms with Gasteiger partial charge in [0, 0.05) is 13.1 Å². The lowest BCUT2D eigenvalue weighted by Crippen LogP contribution is -2.53. The summed E-state index contributed by atoms with van der Waals surface area (Å²) in [7, 11) is 0. The van der Waals surface area contributed by atoms with Crippen LogP contribution in [0.3, 0.4) is 0 Å². The summed E-state index contributed by atoms with van der Waals surface area (Å²) in [6.07, 6.45) is 3.42. The van der Waals surface area contributed by atoms with Gasteiger partial charge in [-0.1, -0.05) is 20.3 Å². The minimum absolute atomic E-state index is 0.112. The number of carboxylic acids is 1. The highest BCUT2D eigenvalue weighted by molar-refractivity contribution is 5.83. The molecule has 0 spiro atoms. The molecule has 0 bridgehead atoms. The summed E-state index contributed by atoms with van der Waals surface area (Å²) in [5.74, 6) is -0.897. The fourth-order valence-electron chi connectivity index (χ4n) is 2.69. The van der Waals surface area contributed by atoms with E-state index in [9.17, 15) is 14.7 Å². The van der Waals surface area contributed by atoms with E-state index >= 15 is 0 Å². The Morgan fingerprint density at radius 1 is 1.44 bits per heavy atom. The van der Waals surface area contributed by atoms with Gasteiger partial charge in [-0.2, -0.15) is 0 Å². The Kier molecular flexibility index (Phi) is 5.14. The molecule has 0 radical (unpaired) electrons. The summed E-state index contributed by atoms with van der Waals surface area (Å²) >= 11 is 0. The van der Waals surface area contributed by atoms with Crippen LogP contribution < -0.4 is 5.73 Å². The minimum atomic E-state index is -0.785. The number of nitrogens with zero attached hydrogens (tertiary/aromatic N) is 1. The van der Waals surface area contributed by atoms with E-state index in [2.05, 4.69) is 0 Å². The zero-order valence-corrected chi connectivity index (χ0v) is 11.3. The van der Waals surface area contributed by atoms with Crippen molar-refractivity contribution in [3.05, 3.63) is 0 Å². The molecular weight excluding hydrogens is 232 g/mol. The molecule has 104 valence electrons. The number of rotatable bonds is 5. The number of carboxylic acid groups (broad SMARTS) is 1. The van der Waals surface area contributed by atoms with Gasteiger partial charge < -0.3 is 15.7 Å². The van der Waals surface area contributed by atoms with Crippen molar-refractivity contribution in [2.75, 3.05) is 13.1 Å². The number of nitrogens with two attached hydrogens (primary N) is 1. The maximum Gasteiger partial charge on any atom is 0.311 e. The van der Waals surface area contributed by atoms with Crippen molar-refractivity contribution in [1.82, 2.24) is 4.90 Å². The largest absolute Gasteiger partial charge is 0.481 e. The van der Waals surface area contributed by atoms with Crippen LogP contribution in [0.5, 0.6) is 0 Å². The van der Waals surface area contributed by atoms with Crippen LogP contribution in [0.25, 0.3) is 0 Å². The Morgan fingerprint density at radius 3 is 2.61 bits per heavy atom. The summed E-state index contributed by atoms with van der Waals surface area (Å²) in [6, 6.07) is -0.503. The molecule has 18 heavy (non-hydrogen) atoms. The van der Waals surface area contributed by atoms with Crippen molar-refractivity contribution in [3.8, 4) is 0 Å². The van der Waals surface area contributed by atoms with Gasteiger partial charge in [-0.05, 0) is 25.7 Å². The predicted octanol–water partition coefficient (Wildman–Crippen LogP) is 1.22. The van der Waals surface area contributed by atoms with Gasteiger partial charge in [0.15, 0.2) is 0 Å². The first-order valence-corrected chi connectivity index (χ1v) is 6.74. The molecule has 0 saturated carbocycles. The fraction of sp³-hybridized carbons (Fsp3) is 0.846. The Balaban J connectivity index is 2.81. The van der Waals surface area contributed by atoms with Crippen molar-refractivity contribution in [2.24, 2.45) is 11.1 Å². The molecule has 2 atom stereocenters. The van der Waals surface area contributed by atoms with E-state index in [1.165, 1.54) is 0 Å². The Hall–Kier alpha value is -1.10. The standard InChI is InChI=1S/C13H24N2O3/c1-3-6-13(12(17)18)7-5-8-15(9-13)11(16)10(14)4-2/h10H,3-9,14H2,1-2H3,(H,17,18)/t10-,13?/m1/s1. The number of likely N-dealkylation sites (tertiary alicyclic amines) is 1. The van der Waals surface area contributed by atoms with E-state index in [-0.39, 0.29) is 5.91 Å². The number of piperidine rings is 1. The third-order valence-electron chi connectivity index (χ3n) is 3.83. The maximum atomic E-state index is 12.1. The maximum absolute atomic E-state index is 12.1. The molecule has 1 aliphatic rings. The third kappa shape index (κ3) is 3.02. The van der Waals surface area contributed by atoms with Crippen LogP contribution in [0.4, 0.5) is 0 Å². The molecule has 1 unspecified atom stereocenters. The summed E-state index contributed by atoms with van der Waals surface area (Å²) in [4.78, 5) is 25.2. The molecule has 1 fully saturated rings. The van der Waals surface area contributed by atoms with Gasteiger partial charge in [0.25, 0.3) is 0 Å². The van der Waals surface area contributed by atoms with Gasteiger partial charge in [-0.15, -0.1) is 0 Å². The van der Waals surface area contributed by atoms with Crippen molar-refractivity contribution < 1.29 is 14.7 Å². The molecule has 0 aromatic heterocycles. The number of aliphatic carboxylic acids is 1. The lowest BCUT2D eigenvalue weighted by atomic mass is 9.76. The molecule has 5 heteroatoms. The first-order valence-electron chi connectivity index (χ1n) is 6.74. The van der Waals surface area contributed by atoms with Crippen LogP contribution in [-0.2, 0) is 9.59 Å². The van der Waals surface area contributed by atoms with E-state index in [0.29, 0.717) is 32.4 Å². The molecule has 1 saturated heterocycles. The molecule has 1 rings (SSSR count). The second kappa shape index (κ2) is 6.18. The lowest BCUT2D eigenvalue weighted by Gasteiger charge is -2.40. The third-order valence-corrected chi connectivity index (χ3v) is 3.83. The predicted molar refractivity (Wildman–Crippen MR) is 69.1 cm³/mol. The molecular formula is C13H24N2O3. The van der Waals surface area contributed by atoms with Gasteiger partial charge in [0.2, 0.25) is 5.91 Å². The van der Waals surface area contributed by atoms with Crippen LogP contribution >= 0.6 is 0 Å². The monoisotopic (exact) mass is 256 g/mol. The Labute approximate surface area is 108 Å². The fourth-order valence-corrected chi connectivity index (χ4v) is 2.69. The van der Waals surface area contributed by atoms with Crippen LogP contribution in [0, 0.1) is 5.41 Å². The van der Waals surface area contributed by atoms with E-state index in [1.54, 1.807) is 4.90 Å². The number of carbonyl (C=O) groups excluding carboxylic acids is 1. The molecule has 1 aliphatic heterocycles. The van der Waals surface area contributed by atoms with E-state index in [0.717, 1.165) is 12.8 Å². The van der Waals surface area contributed by atoms with E-state index in [4.69, 9.17) is 5.73 Å². The SMILES string of the molecule is CCCC1(C(=O)O)CCCN(C(=O)[C@H](N)CC)C1. The number of amides is 1. The zero-order valence-electron chi connectivity index (χ0n) is 11.3. The highest BCUT2D eigenvalue weighted by Gasteiger charge is 2.43. The molecule has 0 aromatic carbocycles. The summed E-state index contributed by atoms with van der Waals surface area (Å²) in [5, 5.41) is 9.45. The van der Waals surface area contributed by atoms with Crippen LogP contribution in [0.15, 0.2) is 0 Å². The first kappa shape index (κ1) is 15.0. The molecule has 5 nitrogen and oxygen atoms in total. The average molecular weight is 256 g/mol. The molecule has 0 aromatic rings. The second-order valence-corrected chi connectivity index (χ2v) is 5.21. The van der Waals surface area contributed by atoms with Crippen molar-refractivity contribution >= 4 is 11.9 Å². The van der Waals surface area contributed by atoms with Gasteiger partial charge >= 0.3 is 5.97 Å². The average Bonchev–Trinajstić information content (AvgIpc) is 2.37. The minimum Gasteiger partial charge on any atom is -0.481 e. The molecule has 1 heterocycles. The number of hydrogen-bond acceptors (Lipinski definition) is 3. The van der Waals surface area contributed by atoms with Gasteiger partial charge in [-0.25, -0.2) is 0 Å². The van der Waals surface area contributed by atoms with Crippen molar-refractivity contribution in [1.29, 1.82) is 0 Å². The second-order valence-electron chi connectivity index (χ2n) is 5.21. The van der Waals surface area contributed by atoms with Gasteiger partial charge in [0.1, 0.15) is 0 Å². The molecule has 0 aliphatic carbocycles. The summed E-state index contributed by atoms with van der Waals surface area (Å²) in [5.41, 5.74) is 4.98. The van der Waals surface area contributed by atoms with Crippen LogP contribution in [0.1, 0.15) is 46.0 Å². The lowest BCUT2D eigenvalue weighted by molar-refractivity contribution is -0.155. The highest BCUT2D eigenvalue weighted by atomic mass is 16.4. The topological polar surface area (TPSA) is 83.6 Å². The first-order chi connectivity index (χ1) is 8.46. The van der Waals surface area contributed by atoms with Crippen molar-refractivity contribution in [2.45, 2.75) is 52.0 Å². The Bertz CT molecular complexity index is 315. The quantitative estimate of drug-likeness (QED) is 0.774. The normalized spacial score (nSPS) is 25.8. The molecule has 3 N–H and O–H groups in total. The van der Waals surface area contributed by atoms with Crippen LogP contribution in [-0.4, -0.2) is 41.0 Å². The van der Waals surface area contributed by atoms with Crippen molar-refractivity contribution in [3.63, 3.8) is 0 Å². The van der Waals surface area contributed by atoms with Gasteiger partial charge in [-0.3, -0.25) is 9.59 Å². The number of hydrogen-bond donors (Lipinski definition) is 2.